The Kier molecular flexibility index (Phi) is 3.25. The van der Waals surface area contributed by atoms with Crippen molar-refractivity contribution >= 4 is 22.9 Å². The number of aryl methyl sites for hydroxylation is 1. The number of nitrogens with zero attached hydrogens (tertiary/aromatic N) is 3. The van der Waals surface area contributed by atoms with Crippen LogP contribution in [0.3, 0.4) is 0 Å². The summed E-state index contributed by atoms with van der Waals surface area (Å²) < 4.78 is 5.70. The van der Waals surface area contributed by atoms with Gasteiger partial charge in [0.25, 0.3) is 0 Å². The van der Waals surface area contributed by atoms with Crippen LogP contribution in [0.15, 0.2) is 10.7 Å². The second-order valence-corrected chi connectivity index (χ2v) is 4.83. The fraction of sp³-hybridized carbons (Fsp3) is 0.538. The first-order valence-electron chi connectivity index (χ1n) is 6.79. The van der Waals surface area contributed by atoms with Crippen LogP contribution in [0.1, 0.15) is 18.9 Å². The van der Waals surface area contributed by atoms with Crippen LogP contribution in [0.25, 0.3) is 11.1 Å². The lowest BCUT2D eigenvalue weighted by molar-refractivity contribution is 0.572. The van der Waals surface area contributed by atoms with Crippen molar-refractivity contribution in [2.45, 2.75) is 19.8 Å². The Labute approximate surface area is 112 Å². The Morgan fingerprint density at radius 1 is 1.37 bits per heavy atom. The topological polar surface area (TPSA) is 80.2 Å². The van der Waals surface area contributed by atoms with Gasteiger partial charge in [-0.25, -0.2) is 4.98 Å². The zero-order chi connectivity index (χ0) is 13.2. The second kappa shape index (κ2) is 5.05. The molecule has 1 aliphatic heterocycles. The molecule has 0 saturated carbocycles. The zero-order valence-electron chi connectivity index (χ0n) is 11.1. The number of nitrogens with one attached hydrogen (secondary N) is 1. The number of nitrogens with two attached hydrogens (primary N) is 1. The Bertz CT molecular complexity index is 574. The first-order valence-corrected chi connectivity index (χ1v) is 6.79. The molecular weight excluding hydrogens is 242 g/mol. The molecule has 2 aromatic rings. The molecule has 1 saturated heterocycles. The molecule has 0 radical (unpaired) electrons. The summed E-state index contributed by atoms with van der Waals surface area (Å²) in [6.07, 6.45) is 3.79. The summed E-state index contributed by atoms with van der Waals surface area (Å²) in [6.45, 7) is 5.87. The quantitative estimate of drug-likeness (QED) is 0.863. The average Bonchev–Trinajstić information content (AvgIpc) is 2.83. The number of anilines is 2. The van der Waals surface area contributed by atoms with Gasteiger partial charge in [-0.3, -0.25) is 0 Å². The van der Waals surface area contributed by atoms with E-state index in [9.17, 15) is 0 Å². The van der Waals surface area contributed by atoms with Crippen molar-refractivity contribution in [1.82, 2.24) is 15.3 Å². The van der Waals surface area contributed by atoms with Crippen LogP contribution in [0.2, 0.25) is 0 Å². The minimum absolute atomic E-state index is 0.319. The molecule has 2 aromatic heterocycles. The van der Waals surface area contributed by atoms with Gasteiger partial charge in [0.15, 0.2) is 11.4 Å². The second-order valence-electron chi connectivity index (χ2n) is 4.83. The SMILES string of the molecule is CCCc1coc2c(N3CCNCC3)nc(N)nc12. The summed E-state index contributed by atoms with van der Waals surface area (Å²) in [4.78, 5) is 10.9. The van der Waals surface area contributed by atoms with Crippen molar-refractivity contribution in [2.24, 2.45) is 0 Å². The Morgan fingerprint density at radius 3 is 2.89 bits per heavy atom. The van der Waals surface area contributed by atoms with Crippen molar-refractivity contribution in [3.8, 4) is 0 Å². The molecule has 0 atom stereocenters. The van der Waals surface area contributed by atoms with Crippen molar-refractivity contribution in [3.63, 3.8) is 0 Å². The Balaban J connectivity index is 2.07. The number of furan rings is 1. The monoisotopic (exact) mass is 261 g/mol. The molecule has 0 bridgehead atoms. The third-order valence-electron chi connectivity index (χ3n) is 3.42. The first kappa shape index (κ1) is 12.2. The van der Waals surface area contributed by atoms with E-state index >= 15 is 0 Å². The predicted octanol–water partition coefficient (Wildman–Crippen LogP) is 1.17. The van der Waals surface area contributed by atoms with Gasteiger partial charge in [0.1, 0.15) is 5.52 Å². The van der Waals surface area contributed by atoms with Gasteiger partial charge in [-0.15, -0.1) is 0 Å². The van der Waals surface area contributed by atoms with Crippen LogP contribution in [-0.4, -0.2) is 36.1 Å². The Hall–Kier alpha value is -1.82. The largest absolute Gasteiger partial charge is 0.458 e. The lowest BCUT2D eigenvalue weighted by atomic mass is 10.2. The Morgan fingerprint density at radius 2 is 2.16 bits per heavy atom. The first-order chi connectivity index (χ1) is 9.29. The highest BCUT2D eigenvalue weighted by Gasteiger charge is 2.20. The average molecular weight is 261 g/mol. The number of fused-ring (bicyclic) bond motifs is 1. The molecule has 1 aliphatic rings. The van der Waals surface area contributed by atoms with Crippen molar-refractivity contribution in [1.29, 1.82) is 0 Å². The minimum Gasteiger partial charge on any atom is -0.458 e. The maximum Gasteiger partial charge on any atom is 0.222 e. The maximum absolute atomic E-state index is 5.85. The number of aromatic nitrogens is 2. The third-order valence-corrected chi connectivity index (χ3v) is 3.42. The fourth-order valence-corrected chi connectivity index (χ4v) is 2.51. The summed E-state index contributed by atoms with van der Waals surface area (Å²) in [5, 5.41) is 3.33. The molecule has 1 fully saturated rings. The molecule has 3 rings (SSSR count). The summed E-state index contributed by atoms with van der Waals surface area (Å²) in [6, 6.07) is 0. The van der Waals surface area contributed by atoms with Gasteiger partial charge < -0.3 is 20.4 Å². The van der Waals surface area contributed by atoms with Crippen molar-refractivity contribution in [2.75, 3.05) is 36.8 Å². The third kappa shape index (κ3) is 2.23. The molecular formula is C13H19N5O. The predicted molar refractivity (Wildman–Crippen MR) is 75.3 cm³/mol. The van der Waals surface area contributed by atoms with Gasteiger partial charge in [-0.2, -0.15) is 4.98 Å². The molecule has 0 aliphatic carbocycles. The van der Waals surface area contributed by atoms with E-state index < -0.39 is 0 Å². The van der Waals surface area contributed by atoms with Crippen LogP contribution in [0.5, 0.6) is 0 Å². The van der Waals surface area contributed by atoms with Crippen molar-refractivity contribution < 1.29 is 4.42 Å². The number of hydrogen-bond acceptors (Lipinski definition) is 6. The summed E-state index contributed by atoms with van der Waals surface area (Å²) in [7, 11) is 0. The van der Waals surface area contributed by atoms with Gasteiger partial charge in [0.05, 0.1) is 6.26 Å². The van der Waals surface area contributed by atoms with E-state index in [2.05, 4.69) is 27.1 Å². The van der Waals surface area contributed by atoms with E-state index in [4.69, 9.17) is 10.2 Å². The highest BCUT2D eigenvalue weighted by Crippen LogP contribution is 2.29. The summed E-state index contributed by atoms with van der Waals surface area (Å²) in [5.74, 6) is 1.14. The normalized spacial score (nSPS) is 16.2. The standard InChI is InChI=1S/C13H19N5O/c1-2-3-9-8-19-11-10(9)16-13(14)17-12(11)18-6-4-15-5-7-18/h8,15H,2-7H2,1H3,(H2,14,16,17). The highest BCUT2D eigenvalue weighted by atomic mass is 16.3. The van der Waals surface area contributed by atoms with Crippen LogP contribution < -0.4 is 16.0 Å². The number of rotatable bonds is 3. The number of nitrogen functional groups attached to an aromatic ring is 1. The maximum atomic E-state index is 5.85. The van der Waals surface area contributed by atoms with E-state index in [1.54, 1.807) is 6.26 Å². The highest BCUT2D eigenvalue weighted by molar-refractivity contribution is 5.87. The molecule has 6 nitrogen and oxygen atoms in total. The number of piperazine rings is 1. The molecule has 0 unspecified atom stereocenters. The van der Waals surface area contributed by atoms with E-state index in [0.717, 1.165) is 61.5 Å². The van der Waals surface area contributed by atoms with E-state index in [1.807, 2.05) is 0 Å². The van der Waals surface area contributed by atoms with Gasteiger partial charge in [-0.1, -0.05) is 13.3 Å². The summed E-state index contributed by atoms with van der Waals surface area (Å²) in [5.41, 5.74) is 8.59. The molecule has 102 valence electrons. The molecule has 19 heavy (non-hydrogen) atoms. The fourth-order valence-electron chi connectivity index (χ4n) is 2.51. The smallest absolute Gasteiger partial charge is 0.222 e. The van der Waals surface area contributed by atoms with Crippen LogP contribution in [0, 0.1) is 0 Å². The molecule has 0 spiro atoms. The molecule has 3 N–H and O–H groups in total. The minimum atomic E-state index is 0.319. The van der Waals surface area contributed by atoms with E-state index in [-0.39, 0.29) is 0 Å². The molecule has 6 heteroatoms. The summed E-state index contributed by atoms with van der Waals surface area (Å²) >= 11 is 0. The van der Waals surface area contributed by atoms with Gasteiger partial charge in [0.2, 0.25) is 5.95 Å². The van der Waals surface area contributed by atoms with Crippen LogP contribution in [0.4, 0.5) is 11.8 Å². The molecule has 0 amide bonds. The number of hydrogen-bond donors (Lipinski definition) is 2. The van der Waals surface area contributed by atoms with Gasteiger partial charge in [0, 0.05) is 31.7 Å². The van der Waals surface area contributed by atoms with Gasteiger partial charge >= 0.3 is 0 Å². The van der Waals surface area contributed by atoms with E-state index in [1.165, 1.54) is 0 Å². The lowest BCUT2D eigenvalue weighted by Crippen LogP contribution is -2.44. The lowest BCUT2D eigenvalue weighted by Gasteiger charge is -2.28. The molecule has 0 aromatic carbocycles. The van der Waals surface area contributed by atoms with Crippen LogP contribution in [-0.2, 0) is 6.42 Å². The van der Waals surface area contributed by atoms with E-state index in [0.29, 0.717) is 5.95 Å². The van der Waals surface area contributed by atoms with Crippen molar-refractivity contribution in [3.05, 3.63) is 11.8 Å². The van der Waals surface area contributed by atoms with Crippen LogP contribution >= 0.6 is 0 Å². The molecule has 3 heterocycles. The zero-order valence-corrected chi connectivity index (χ0v) is 11.1. The van der Waals surface area contributed by atoms with Gasteiger partial charge in [-0.05, 0) is 6.42 Å².